The lowest BCUT2D eigenvalue weighted by Crippen LogP contribution is -2.49. The van der Waals surface area contributed by atoms with Crippen LogP contribution in [0.4, 0.5) is 0 Å². The molecule has 2 aromatic rings. The Balaban J connectivity index is 1.83. The van der Waals surface area contributed by atoms with Crippen molar-refractivity contribution in [2.45, 2.75) is 44.8 Å². The molecule has 0 bridgehead atoms. The van der Waals surface area contributed by atoms with Gasteiger partial charge in [0.05, 0.1) is 9.75 Å². The van der Waals surface area contributed by atoms with Gasteiger partial charge in [0.25, 0.3) is 0 Å². The van der Waals surface area contributed by atoms with Gasteiger partial charge in [0, 0.05) is 6.54 Å². The highest BCUT2D eigenvalue weighted by Gasteiger charge is 2.45. The molecule has 26 heavy (non-hydrogen) atoms. The Hall–Kier alpha value is -1.21. The molecule has 0 aliphatic carbocycles. The molecule has 1 aliphatic heterocycles. The standard InChI is InChI=1S/C20H27NO3S2/c1-3-10-21-11-9-15(4-2)16(14-21)24-19(22)20(23,17-7-5-12-25-17)18-8-6-13-26-18/h5-8,12-13,15-16,23H,3-4,9-11,14H2,1-2H3. The molecule has 2 aromatic heterocycles. The van der Waals surface area contributed by atoms with Gasteiger partial charge < -0.3 is 9.84 Å². The second kappa shape index (κ2) is 8.65. The molecule has 0 radical (unpaired) electrons. The summed E-state index contributed by atoms with van der Waals surface area (Å²) in [4.78, 5) is 16.8. The smallest absolute Gasteiger partial charge is 0.349 e. The first-order valence-corrected chi connectivity index (χ1v) is 11.1. The average Bonchev–Trinajstić information content (AvgIpc) is 3.35. The lowest BCUT2D eigenvalue weighted by molar-refractivity contribution is -0.173. The van der Waals surface area contributed by atoms with Gasteiger partial charge in [0.2, 0.25) is 5.60 Å². The number of carbonyl (C=O) groups is 1. The molecule has 3 heterocycles. The Morgan fingerprint density at radius 2 is 1.92 bits per heavy atom. The highest BCUT2D eigenvalue weighted by molar-refractivity contribution is 7.12. The van der Waals surface area contributed by atoms with E-state index in [-0.39, 0.29) is 6.10 Å². The van der Waals surface area contributed by atoms with Crippen LogP contribution in [0.5, 0.6) is 0 Å². The van der Waals surface area contributed by atoms with Crippen molar-refractivity contribution in [3.05, 3.63) is 44.8 Å². The van der Waals surface area contributed by atoms with E-state index in [4.69, 9.17) is 4.74 Å². The van der Waals surface area contributed by atoms with E-state index in [2.05, 4.69) is 18.7 Å². The number of esters is 1. The van der Waals surface area contributed by atoms with E-state index >= 15 is 0 Å². The van der Waals surface area contributed by atoms with Crippen molar-refractivity contribution in [1.29, 1.82) is 0 Å². The summed E-state index contributed by atoms with van der Waals surface area (Å²) in [6, 6.07) is 7.30. The first-order valence-electron chi connectivity index (χ1n) is 9.33. The van der Waals surface area contributed by atoms with Gasteiger partial charge >= 0.3 is 5.97 Å². The van der Waals surface area contributed by atoms with Gasteiger partial charge in [-0.05, 0) is 61.2 Å². The third kappa shape index (κ3) is 3.88. The monoisotopic (exact) mass is 393 g/mol. The minimum absolute atomic E-state index is 0.167. The molecule has 2 atom stereocenters. The van der Waals surface area contributed by atoms with Gasteiger partial charge in [-0.15, -0.1) is 22.7 Å². The second-order valence-corrected chi connectivity index (χ2v) is 8.76. The van der Waals surface area contributed by atoms with Gasteiger partial charge in [0.1, 0.15) is 6.10 Å². The Kier molecular flexibility index (Phi) is 6.51. The molecule has 4 nitrogen and oxygen atoms in total. The molecule has 6 heteroatoms. The van der Waals surface area contributed by atoms with E-state index in [1.165, 1.54) is 22.7 Å². The molecule has 142 valence electrons. The summed E-state index contributed by atoms with van der Waals surface area (Å²) in [6.45, 7) is 7.14. The van der Waals surface area contributed by atoms with Crippen LogP contribution in [0.2, 0.25) is 0 Å². The summed E-state index contributed by atoms with van der Waals surface area (Å²) in [6.07, 6.45) is 2.93. The average molecular weight is 394 g/mol. The first kappa shape index (κ1) is 19.5. The van der Waals surface area contributed by atoms with Gasteiger partial charge in [0.15, 0.2) is 0 Å². The van der Waals surface area contributed by atoms with Gasteiger partial charge in [-0.1, -0.05) is 26.0 Å². The molecule has 1 N–H and O–H groups in total. The van der Waals surface area contributed by atoms with Crippen molar-refractivity contribution in [1.82, 2.24) is 4.90 Å². The highest BCUT2D eigenvalue weighted by atomic mass is 32.1. The topological polar surface area (TPSA) is 49.8 Å². The first-order chi connectivity index (χ1) is 12.6. The van der Waals surface area contributed by atoms with Crippen LogP contribution in [-0.2, 0) is 15.1 Å². The van der Waals surface area contributed by atoms with Crippen LogP contribution in [0.1, 0.15) is 42.9 Å². The minimum Gasteiger partial charge on any atom is -0.458 e. The number of ether oxygens (including phenoxy) is 1. The number of nitrogens with zero attached hydrogens (tertiary/aromatic N) is 1. The van der Waals surface area contributed by atoms with Gasteiger partial charge in [-0.2, -0.15) is 0 Å². The molecule has 1 fully saturated rings. The normalized spacial score (nSPS) is 21.7. The Labute approximate surface area is 163 Å². The van der Waals surface area contributed by atoms with E-state index in [0.29, 0.717) is 15.7 Å². The maximum absolute atomic E-state index is 13.2. The number of rotatable bonds is 7. The zero-order valence-corrected chi connectivity index (χ0v) is 17.0. The Morgan fingerprint density at radius 1 is 1.27 bits per heavy atom. The molecule has 1 aliphatic rings. The van der Waals surface area contributed by atoms with Crippen LogP contribution in [0, 0.1) is 5.92 Å². The number of thiophene rings is 2. The molecule has 2 unspecified atom stereocenters. The summed E-state index contributed by atoms with van der Waals surface area (Å²) < 4.78 is 5.97. The number of likely N-dealkylation sites (tertiary alicyclic amines) is 1. The fourth-order valence-electron chi connectivity index (χ4n) is 3.66. The van der Waals surface area contributed by atoms with Gasteiger partial charge in [-0.25, -0.2) is 4.79 Å². The highest BCUT2D eigenvalue weighted by Crippen LogP contribution is 2.38. The van der Waals surface area contributed by atoms with Gasteiger partial charge in [-0.3, -0.25) is 4.90 Å². The molecular formula is C20H27NO3S2. The van der Waals surface area contributed by atoms with Crippen LogP contribution >= 0.6 is 22.7 Å². The van der Waals surface area contributed by atoms with E-state index < -0.39 is 11.6 Å². The third-order valence-electron chi connectivity index (χ3n) is 5.15. The molecule has 0 saturated carbocycles. The van der Waals surface area contributed by atoms with Crippen LogP contribution < -0.4 is 0 Å². The van der Waals surface area contributed by atoms with Crippen molar-refractivity contribution < 1.29 is 14.6 Å². The van der Waals surface area contributed by atoms with E-state index in [9.17, 15) is 9.90 Å². The second-order valence-electron chi connectivity index (χ2n) is 6.87. The van der Waals surface area contributed by atoms with Crippen molar-refractivity contribution in [3.63, 3.8) is 0 Å². The van der Waals surface area contributed by atoms with E-state index in [1.807, 2.05) is 22.9 Å². The van der Waals surface area contributed by atoms with Crippen molar-refractivity contribution >= 4 is 28.6 Å². The fraction of sp³-hybridized carbons (Fsp3) is 0.550. The van der Waals surface area contributed by atoms with E-state index in [1.54, 1.807) is 12.1 Å². The minimum atomic E-state index is -1.71. The van der Waals surface area contributed by atoms with Crippen molar-refractivity contribution in [2.24, 2.45) is 5.92 Å². The number of hydrogen-bond acceptors (Lipinski definition) is 6. The molecule has 0 aromatic carbocycles. The fourth-order valence-corrected chi connectivity index (χ4v) is 5.38. The summed E-state index contributed by atoms with van der Waals surface area (Å²) >= 11 is 2.76. The number of aliphatic hydroxyl groups is 1. The van der Waals surface area contributed by atoms with Crippen LogP contribution in [-0.4, -0.2) is 41.7 Å². The lowest BCUT2D eigenvalue weighted by atomic mass is 9.90. The summed E-state index contributed by atoms with van der Waals surface area (Å²) in [5.74, 6) is -0.202. The maximum atomic E-state index is 13.2. The van der Waals surface area contributed by atoms with Crippen LogP contribution in [0.3, 0.4) is 0 Å². The summed E-state index contributed by atoms with van der Waals surface area (Å²) in [7, 11) is 0. The summed E-state index contributed by atoms with van der Waals surface area (Å²) in [5.41, 5.74) is -1.71. The number of piperidine rings is 1. The largest absolute Gasteiger partial charge is 0.458 e. The van der Waals surface area contributed by atoms with E-state index in [0.717, 1.165) is 38.9 Å². The third-order valence-corrected chi connectivity index (χ3v) is 7.11. The summed E-state index contributed by atoms with van der Waals surface area (Å²) in [5, 5.41) is 15.1. The molecule has 1 saturated heterocycles. The SMILES string of the molecule is CCCN1CCC(CC)C(OC(=O)C(O)(c2cccs2)c2cccs2)C1. The number of hydrogen-bond donors (Lipinski definition) is 1. The Bertz CT molecular complexity index is 650. The maximum Gasteiger partial charge on any atom is 0.349 e. The van der Waals surface area contributed by atoms with Crippen LogP contribution in [0.25, 0.3) is 0 Å². The zero-order valence-electron chi connectivity index (χ0n) is 15.4. The number of carbonyl (C=O) groups excluding carboxylic acids is 1. The van der Waals surface area contributed by atoms with Crippen LogP contribution in [0.15, 0.2) is 35.0 Å². The quantitative estimate of drug-likeness (QED) is 0.720. The Morgan fingerprint density at radius 3 is 2.42 bits per heavy atom. The van der Waals surface area contributed by atoms with Crippen molar-refractivity contribution in [3.8, 4) is 0 Å². The zero-order chi connectivity index (χ0) is 18.6. The molecule has 0 spiro atoms. The lowest BCUT2D eigenvalue weighted by Gasteiger charge is -2.39. The predicted octanol–water partition coefficient (Wildman–Crippen LogP) is 4.10. The molecule has 3 rings (SSSR count). The van der Waals surface area contributed by atoms with Crippen molar-refractivity contribution in [2.75, 3.05) is 19.6 Å². The molecule has 0 amide bonds. The molecular weight excluding hydrogens is 366 g/mol. The predicted molar refractivity (Wildman–Crippen MR) is 107 cm³/mol.